The van der Waals surface area contributed by atoms with Gasteiger partial charge in [-0.3, -0.25) is 9.98 Å². The Kier molecular flexibility index (Phi) is 5.85. The lowest BCUT2D eigenvalue weighted by Gasteiger charge is -2.39. The molecule has 0 amide bonds. The van der Waals surface area contributed by atoms with Crippen molar-refractivity contribution in [3.8, 4) is 0 Å². The van der Waals surface area contributed by atoms with Crippen LogP contribution >= 0.6 is 0 Å². The van der Waals surface area contributed by atoms with Crippen LogP contribution in [0.3, 0.4) is 0 Å². The first-order chi connectivity index (χ1) is 11.3. The molecule has 0 radical (unpaired) electrons. The van der Waals surface area contributed by atoms with Gasteiger partial charge in [0.15, 0.2) is 15.8 Å². The lowest BCUT2D eigenvalue weighted by Crippen LogP contribution is -2.57. The van der Waals surface area contributed by atoms with E-state index in [0.717, 1.165) is 18.9 Å². The number of guanidine groups is 1. The maximum atomic E-state index is 12.2. The molecule has 1 fully saturated rings. The number of pyridine rings is 1. The normalized spacial score (nSPS) is 20.0. The molecule has 0 spiro atoms. The third-order valence-corrected chi connectivity index (χ3v) is 6.99. The highest BCUT2D eigenvalue weighted by Gasteiger charge is 2.40. The molecule has 0 atom stereocenters. The van der Waals surface area contributed by atoms with Gasteiger partial charge in [-0.2, -0.15) is 0 Å². The number of rotatable bonds is 4. The minimum absolute atomic E-state index is 0.174. The van der Waals surface area contributed by atoms with Crippen molar-refractivity contribution in [2.45, 2.75) is 38.9 Å². The molecule has 0 unspecified atom stereocenters. The molecule has 1 aromatic rings. The summed E-state index contributed by atoms with van der Waals surface area (Å²) >= 11 is 0. The fraction of sp³-hybridized carbons (Fsp3) is 0.647. The maximum Gasteiger partial charge on any atom is 0.194 e. The SMILES string of the molecule is CCNC(=NCCc1ccncc1C)N1CCS(=O)(=O)C(C)(C)C1. The summed E-state index contributed by atoms with van der Waals surface area (Å²) < 4.78 is 23.6. The van der Waals surface area contributed by atoms with E-state index in [1.807, 2.05) is 19.2 Å². The first kappa shape index (κ1) is 18.7. The van der Waals surface area contributed by atoms with E-state index in [-0.39, 0.29) is 5.75 Å². The van der Waals surface area contributed by atoms with Gasteiger partial charge in [-0.15, -0.1) is 0 Å². The Labute approximate surface area is 145 Å². The summed E-state index contributed by atoms with van der Waals surface area (Å²) in [4.78, 5) is 10.9. The summed E-state index contributed by atoms with van der Waals surface area (Å²) in [5, 5.41) is 3.29. The summed E-state index contributed by atoms with van der Waals surface area (Å²) in [6.45, 7) is 10.0. The number of sulfone groups is 1. The van der Waals surface area contributed by atoms with E-state index in [1.54, 1.807) is 20.0 Å². The third kappa shape index (κ3) is 4.26. The van der Waals surface area contributed by atoms with Gasteiger partial charge in [0.1, 0.15) is 0 Å². The van der Waals surface area contributed by atoms with Gasteiger partial charge < -0.3 is 10.2 Å². The molecule has 1 aliphatic heterocycles. The van der Waals surface area contributed by atoms with Gasteiger partial charge in [-0.05, 0) is 51.3 Å². The van der Waals surface area contributed by atoms with Crippen molar-refractivity contribution in [3.63, 3.8) is 0 Å². The molecular weight excluding hydrogens is 324 g/mol. The fourth-order valence-corrected chi connectivity index (χ4v) is 4.18. The average Bonchev–Trinajstić information content (AvgIpc) is 2.51. The van der Waals surface area contributed by atoms with E-state index in [9.17, 15) is 8.42 Å². The first-order valence-electron chi connectivity index (χ1n) is 8.42. The molecule has 0 saturated carbocycles. The van der Waals surface area contributed by atoms with Crippen molar-refractivity contribution in [1.29, 1.82) is 0 Å². The molecular formula is C17H28N4O2S. The predicted octanol–water partition coefficient (Wildman–Crippen LogP) is 1.41. The molecule has 0 aromatic carbocycles. The Bertz CT molecular complexity index is 698. The number of hydrogen-bond donors (Lipinski definition) is 1. The molecule has 1 aliphatic rings. The summed E-state index contributed by atoms with van der Waals surface area (Å²) in [5.41, 5.74) is 2.41. The second kappa shape index (κ2) is 7.51. The Morgan fingerprint density at radius 1 is 1.46 bits per heavy atom. The maximum absolute atomic E-state index is 12.2. The number of aliphatic imine (C=N–C) groups is 1. The minimum Gasteiger partial charge on any atom is -0.357 e. The number of hydrogen-bond acceptors (Lipinski definition) is 4. The summed E-state index contributed by atoms with van der Waals surface area (Å²) in [7, 11) is -3.04. The van der Waals surface area contributed by atoms with E-state index >= 15 is 0 Å². The van der Waals surface area contributed by atoms with E-state index in [0.29, 0.717) is 19.6 Å². The second-order valence-corrected chi connectivity index (χ2v) is 9.53. The van der Waals surface area contributed by atoms with Crippen LogP contribution < -0.4 is 5.32 Å². The standard InChI is InChI=1S/C17H28N4O2S/c1-5-19-16(20-9-7-15-6-8-18-12-14(15)2)21-10-11-24(22,23)17(3,4)13-21/h6,8,12H,5,7,9-11,13H2,1-4H3,(H,19,20). The monoisotopic (exact) mass is 352 g/mol. The lowest BCUT2D eigenvalue weighted by atomic mass is 10.1. The zero-order valence-corrected chi connectivity index (χ0v) is 15.9. The van der Waals surface area contributed by atoms with Gasteiger partial charge in [0, 0.05) is 38.6 Å². The number of nitrogens with zero attached hydrogens (tertiary/aromatic N) is 3. The zero-order chi connectivity index (χ0) is 17.8. The molecule has 1 saturated heterocycles. The fourth-order valence-electron chi connectivity index (χ4n) is 2.82. The van der Waals surface area contributed by atoms with E-state index < -0.39 is 14.6 Å². The largest absolute Gasteiger partial charge is 0.357 e. The summed E-state index contributed by atoms with van der Waals surface area (Å²) in [5.74, 6) is 0.973. The van der Waals surface area contributed by atoms with Crippen LogP contribution in [0.5, 0.6) is 0 Å². The topological polar surface area (TPSA) is 74.7 Å². The Balaban J connectivity index is 2.07. The number of nitrogens with one attached hydrogen (secondary N) is 1. The lowest BCUT2D eigenvalue weighted by molar-refractivity contribution is 0.353. The smallest absolute Gasteiger partial charge is 0.194 e. The highest BCUT2D eigenvalue weighted by atomic mass is 32.2. The van der Waals surface area contributed by atoms with Gasteiger partial charge in [0.05, 0.1) is 10.5 Å². The zero-order valence-electron chi connectivity index (χ0n) is 15.0. The van der Waals surface area contributed by atoms with E-state index in [1.165, 1.54) is 11.1 Å². The van der Waals surface area contributed by atoms with Crippen LogP contribution in [0.25, 0.3) is 0 Å². The van der Waals surface area contributed by atoms with Gasteiger partial charge in [0.2, 0.25) is 0 Å². The van der Waals surface area contributed by atoms with Crippen LogP contribution in [0.1, 0.15) is 31.9 Å². The van der Waals surface area contributed by atoms with E-state index in [4.69, 9.17) is 4.99 Å². The Hall–Kier alpha value is -1.63. The second-order valence-electron chi connectivity index (χ2n) is 6.79. The number of aromatic nitrogens is 1. The first-order valence-corrected chi connectivity index (χ1v) is 10.1. The molecule has 6 nitrogen and oxygen atoms in total. The van der Waals surface area contributed by atoms with Crippen molar-refractivity contribution in [3.05, 3.63) is 29.6 Å². The van der Waals surface area contributed by atoms with Gasteiger partial charge >= 0.3 is 0 Å². The summed E-state index contributed by atoms with van der Waals surface area (Å²) in [6, 6.07) is 2.02. The highest BCUT2D eigenvalue weighted by molar-refractivity contribution is 7.92. The highest BCUT2D eigenvalue weighted by Crippen LogP contribution is 2.23. The molecule has 134 valence electrons. The molecule has 7 heteroatoms. The van der Waals surface area contributed by atoms with Gasteiger partial charge in [0.25, 0.3) is 0 Å². The average molecular weight is 353 g/mol. The van der Waals surface area contributed by atoms with Gasteiger partial charge in [-0.1, -0.05) is 0 Å². The molecule has 1 aromatic heterocycles. The van der Waals surface area contributed by atoms with Gasteiger partial charge in [-0.25, -0.2) is 8.42 Å². The molecule has 2 heterocycles. The molecule has 24 heavy (non-hydrogen) atoms. The Morgan fingerprint density at radius 2 is 2.21 bits per heavy atom. The minimum atomic E-state index is -3.04. The van der Waals surface area contributed by atoms with Crippen LogP contribution in [-0.4, -0.2) is 60.9 Å². The number of aryl methyl sites for hydroxylation is 1. The van der Waals surface area contributed by atoms with E-state index in [2.05, 4.69) is 22.1 Å². The predicted molar refractivity (Wildman–Crippen MR) is 98.1 cm³/mol. The van der Waals surface area contributed by atoms with Crippen molar-refractivity contribution >= 4 is 15.8 Å². The molecule has 2 rings (SSSR count). The van der Waals surface area contributed by atoms with Crippen molar-refractivity contribution in [1.82, 2.24) is 15.2 Å². The Morgan fingerprint density at radius 3 is 2.83 bits per heavy atom. The molecule has 1 N–H and O–H groups in total. The van der Waals surface area contributed by atoms with Crippen molar-refractivity contribution in [2.24, 2.45) is 4.99 Å². The van der Waals surface area contributed by atoms with Crippen molar-refractivity contribution in [2.75, 3.05) is 31.9 Å². The van der Waals surface area contributed by atoms with Crippen molar-refractivity contribution < 1.29 is 8.42 Å². The van der Waals surface area contributed by atoms with Crippen LogP contribution in [0.4, 0.5) is 0 Å². The van der Waals surface area contributed by atoms with Crippen LogP contribution in [0.15, 0.2) is 23.5 Å². The quantitative estimate of drug-likeness (QED) is 0.655. The van der Waals surface area contributed by atoms with Crippen LogP contribution in [0.2, 0.25) is 0 Å². The molecule has 0 aliphatic carbocycles. The van der Waals surface area contributed by atoms with Crippen LogP contribution in [-0.2, 0) is 16.3 Å². The molecule has 0 bridgehead atoms. The third-order valence-electron chi connectivity index (χ3n) is 4.46. The van der Waals surface area contributed by atoms with Crippen LogP contribution in [0, 0.1) is 6.92 Å². The summed E-state index contributed by atoms with van der Waals surface area (Å²) in [6.07, 6.45) is 4.51.